The van der Waals surface area contributed by atoms with Crippen molar-refractivity contribution in [2.75, 3.05) is 6.26 Å². The number of benzene rings is 1. The van der Waals surface area contributed by atoms with Crippen molar-refractivity contribution in [3.63, 3.8) is 0 Å². The van der Waals surface area contributed by atoms with Gasteiger partial charge in [-0.25, -0.2) is 8.42 Å². The minimum atomic E-state index is -3.32. The average molecular weight is 283 g/mol. The maximum Gasteiger partial charge on any atom is 0.152 e. The molecule has 0 unspecified atom stereocenters. The molecule has 1 aromatic rings. The van der Waals surface area contributed by atoms with Crippen molar-refractivity contribution in [3.05, 3.63) is 33.8 Å². The molecular weight excluding hydrogens is 271 g/mol. The zero-order chi connectivity index (χ0) is 12.5. The average Bonchev–Trinajstić information content (AvgIpc) is 2.14. The standard InChI is InChI=1S/C10H12Cl2O3S/c1-6(16(2,14)15)10(13)8-4-3-7(11)5-9(8)12/h3-6,10,13H,1-2H3/t6-,10-/m0/s1. The van der Waals surface area contributed by atoms with Crippen molar-refractivity contribution in [3.8, 4) is 0 Å². The van der Waals surface area contributed by atoms with E-state index >= 15 is 0 Å². The molecular formula is C10H12Cl2O3S. The Morgan fingerprint density at radius 3 is 2.31 bits per heavy atom. The molecule has 0 aliphatic rings. The van der Waals surface area contributed by atoms with Crippen LogP contribution in [0.2, 0.25) is 10.0 Å². The first-order chi connectivity index (χ1) is 7.23. The van der Waals surface area contributed by atoms with Crippen molar-refractivity contribution in [1.82, 2.24) is 0 Å². The van der Waals surface area contributed by atoms with Crippen LogP contribution < -0.4 is 0 Å². The molecule has 1 N–H and O–H groups in total. The highest BCUT2D eigenvalue weighted by Crippen LogP contribution is 2.29. The lowest BCUT2D eigenvalue weighted by atomic mass is 10.1. The van der Waals surface area contributed by atoms with Gasteiger partial charge in [0.05, 0.1) is 11.4 Å². The van der Waals surface area contributed by atoms with Gasteiger partial charge in [-0.2, -0.15) is 0 Å². The number of aliphatic hydroxyl groups excluding tert-OH is 1. The molecule has 2 atom stereocenters. The van der Waals surface area contributed by atoms with Crippen LogP contribution in [-0.2, 0) is 9.84 Å². The third-order valence-corrected chi connectivity index (χ3v) is 4.57. The van der Waals surface area contributed by atoms with Crippen LogP contribution in [0.25, 0.3) is 0 Å². The second-order valence-electron chi connectivity index (χ2n) is 3.65. The maximum atomic E-state index is 11.3. The fourth-order valence-electron chi connectivity index (χ4n) is 1.23. The molecule has 0 fully saturated rings. The van der Waals surface area contributed by atoms with Crippen LogP contribution in [0.4, 0.5) is 0 Å². The monoisotopic (exact) mass is 282 g/mol. The smallest absolute Gasteiger partial charge is 0.152 e. The minimum Gasteiger partial charge on any atom is -0.387 e. The van der Waals surface area contributed by atoms with Crippen LogP contribution in [0.1, 0.15) is 18.6 Å². The van der Waals surface area contributed by atoms with Crippen molar-refractivity contribution >= 4 is 33.0 Å². The van der Waals surface area contributed by atoms with Gasteiger partial charge >= 0.3 is 0 Å². The summed E-state index contributed by atoms with van der Waals surface area (Å²) in [5.41, 5.74) is 0.365. The van der Waals surface area contributed by atoms with Crippen LogP contribution in [-0.4, -0.2) is 25.0 Å². The van der Waals surface area contributed by atoms with Gasteiger partial charge in [-0.15, -0.1) is 0 Å². The summed E-state index contributed by atoms with van der Waals surface area (Å²) in [6.45, 7) is 1.44. The summed E-state index contributed by atoms with van der Waals surface area (Å²) in [7, 11) is -3.32. The van der Waals surface area contributed by atoms with E-state index in [2.05, 4.69) is 0 Å². The molecule has 16 heavy (non-hydrogen) atoms. The van der Waals surface area contributed by atoms with Crippen molar-refractivity contribution < 1.29 is 13.5 Å². The molecule has 0 spiro atoms. The molecule has 0 aromatic heterocycles. The number of aliphatic hydroxyl groups is 1. The highest BCUT2D eigenvalue weighted by atomic mass is 35.5. The SMILES string of the molecule is C[C@@H]([C@H](O)c1ccc(Cl)cc1Cl)S(C)(=O)=O. The van der Waals surface area contributed by atoms with Gasteiger partial charge in [0.15, 0.2) is 9.84 Å². The summed E-state index contributed by atoms with van der Waals surface area (Å²) in [4.78, 5) is 0. The first kappa shape index (κ1) is 13.8. The molecule has 1 aromatic carbocycles. The molecule has 0 amide bonds. The highest BCUT2D eigenvalue weighted by molar-refractivity contribution is 7.91. The van der Waals surface area contributed by atoms with E-state index in [-0.39, 0.29) is 5.02 Å². The Balaban J connectivity index is 3.10. The lowest BCUT2D eigenvalue weighted by Crippen LogP contribution is -2.24. The van der Waals surface area contributed by atoms with Gasteiger partial charge in [0.25, 0.3) is 0 Å². The molecule has 0 aliphatic carbocycles. The third kappa shape index (κ3) is 3.10. The van der Waals surface area contributed by atoms with Gasteiger partial charge in [0.2, 0.25) is 0 Å². The zero-order valence-corrected chi connectivity index (χ0v) is 11.1. The quantitative estimate of drug-likeness (QED) is 0.927. The molecule has 0 bridgehead atoms. The van der Waals surface area contributed by atoms with Gasteiger partial charge in [0.1, 0.15) is 0 Å². The third-order valence-electron chi connectivity index (χ3n) is 2.40. The Hall–Kier alpha value is -0.290. The van der Waals surface area contributed by atoms with E-state index in [1.807, 2.05) is 0 Å². The molecule has 0 heterocycles. The van der Waals surface area contributed by atoms with Gasteiger partial charge < -0.3 is 5.11 Å². The van der Waals surface area contributed by atoms with Gasteiger partial charge in [-0.3, -0.25) is 0 Å². The summed E-state index contributed by atoms with van der Waals surface area (Å²) >= 11 is 11.6. The predicted molar refractivity (Wildman–Crippen MR) is 65.7 cm³/mol. The molecule has 3 nitrogen and oxygen atoms in total. The summed E-state index contributed by atoms with van der Waals surface area (Å²) in [6, 6.07) is 4.55. The zero-order valence-electron chi connectivity index (χ0n) is 8.81. The van der Waals surface area contributed by atoms with E-state index in [0.717, 1.165) is 6.26 Å². The lowest BCUT2D eigenvalue weighted by Gasteiger charge is -2.18. The maximum absolute atomic E-state index is 11.3. The van der Waals surface area contributed by atoms with Crippen LogP contribution in [0, 0.1) is 0 Å². The number of hydrogen-bond donors (Lipinski definition) is 1. The number of hydrogen-bond acceptors (Lipinski definition) is 3. The summed E-state index contributed by atoms with van der Waals surface area (Å²) < 4.78 is 22.6. The molecule has 0 aliphatic heterocycles. The number of sulfone groups is 1. The Morgan fingerprint density at radius 2 is 1.88 bits per heavy atom. The van der Waals surface area contributed by atoms with Gasteiger partial charge in [-0.05, 0) is 19.1 Å². The van der Waals surface area contributed by atoms with Crippen LogP contribution in [0.15, 0.2) is 18.2 Å². The summed E-state index contributed by atoms with van der Waals surface area (Å²) in [5, 5.41) is 9.68. The van der Waals surface area contributed by atoms with E-state index < -0.39 is 21.2 Å². The van der Waals surface area contributed by atoms with E-state index in [1.54, 1.807) is 6.07 Å². The van der Waals surface area contributed by atoms with E-state index in [9.17, 15) is 13.5 Å². The number of rotatable bonds is 3. The Morgan fingerprint density at radius 1 is 1.31 bits per heavy atom. The molecule has 6 heteroatoms. The van der Waals surface area contributed by atoms with Crippen molar-refractivity contribution in [2.24, 2.45) is 0 Å². The lowest BCUT2D eigenvalue weighted by molar-refractivity contribution is 0.176. The largest absolute Gasteiger partial charge is 0.387 e. The topological polar surface area (TPSA) is 54.4 Å². The second kappa shape index (κ2) is 4.92. The Kier molecular flexibility index (Phi) is 4.23. The second-order valence-corrected chi connectivity index (χ2v) is 6.89. The molecule has 1 rings (SSSR count). The van der Waals surface area contributed by atoms with E-state index in [1.165, 1.54) is 19.1 Å². The molecule has 0 radical (unpaired) electrons. The summed E-state index contributed by atoms with van der Waals surface area (Å²) in [6.07, 6.45) is -0.0789. The predicted octanol–water partition coefficient (Wildman–Crippen LogP) is 2.46. The first-order valence-electron chi connectivity index (χ1n) is 4.55. The normalized spacial score (nSPS) is 15.8. The molecule has 90 valence electrons. The summed E-state index contributed by atoms with van der Waals surface area (Å²) in [5.74, 6) is 0. The van der Waals surface area contributed by atoms with E-state index in [4.69, 9.17) is 23.2 Å². The van der Waals surface area contributed by atoms with E-state index in [0.29, 0.717) is 10.6 Å². The number of halogens is 2. The van der Waals surface area contributed by atoms with Gasteiger partial charge in [-0.1, -0.05) is 29.3 Å². The van der Waals surface area contributed by atoms with Gasteiger partial charge in [0, 0.05) is 21.9 Å². The Bertz CT molecular complexity index is 485. The minimum absolute atomic E-state index is 0.260. The van der Waals surface area contributed by atoms with Crippen LogP contribution >= 0.6 is 23.2 Å². The Labute approximate surface area is 105 Å². The highest BCUT2D eigenvalue weighted by Gasteiger charge is 2.26. The first-order valence-corrected chi connectivity index (χ1v) is 7.26. The fraction of sp³-hybridized carbons (Fsp3) is 0.400. The van der Waals surface area contributed by atoms with Crippen molar-refractivity contribution in [1.29, 1.82) is 0 Å². The van der Waals surface area contributed by atoms with Crippen LogP contribution in [0.3, 0.4) is 0 Å². The molecule has 0 saturated heterocycles. The van der Waals surface area contributed by atoms with Crippen molar-refractivity contribution in [2.45, 2.75) is 18.3 Å². The fourth-order valence-corrected chi connectivity index (χ4v) is 2.36. The van der Waals surface area contributed by atoms with Crippen LogP contribution in [0.5, 0.6) is 0 Å². The molecule has 0 saturated carbocycles.